The van der Waals surface area contributed by atoms with Crippen molar-refractivity contribution in [2.45, 2.75) is 70.1 Å². The van der Waals surface area contributed by atoms with Gasteiger partial charge in [-0.05, 0) is 42.2 Å². The zero-order chi connectivity index (χ0) is 22.6. The molecule has 4 N–H and O–H groups in total. The molecule has 0 radical (unpaired) electrons. The predicted octanol–water partition coefficient (Wildman–Crippen LogP) is 4.67. The second-order valence-corrected chi connectivity index (χ2v) is 13.2. The summed E-state index contributed by atoms with van der Waals surface area (Å²) in [4.78, 5) is 22.6. The lowest BCUT2D eigenvalue weighted by Crippen LogP contribution is -2.48. The van der Waals surface area contributed by atoms with Gasteiger partial charge in [0.1, 0.15) is 0 Å². The summed E-state index contributed by atoms with van der Waals surface area (Å²) in [6.07, 6.45) is -6.71. The highest BCUT2D eigenvalue weighted by Crippen LogP contribution is 2.41. The number of halogens is 3. The number of nitrogens with one attached hydrogen (secondary N) is 1. The van der Waals surface area contributed by atoms with E-state index in [9.17, 15) is 27.9 Å². The quantitative estimate of drug-likeness (QED) is 0.518. The van der Waals surface area contributed by atoms with Crippen molar-refractivity contribution in [2.24, 2.45) is 5.73 Å². The summed E-state index contributed by atoms with van der Waals surface area (Å²) in [6.45, 7) is 9.89. The molecule has 2 amide bonds. The first-order chi connectivity index (χ1) is 13.0. The molecule has 0 saturated heterocycles. The maximum atomic E-state index is 12.9. The normalized spacial score (nSPS) is 14.9. The van der Waals surface area contributed by atoms with Crippen LogP contribution in [0.4, 0.5) is 18.0 Å². The molecule has 2 atom stereocenters. The summed E-state index contributed by atoms with van der Waals surface area (Å²) in [7, 11) is -2.44. The summed E-state index contributed by atoms with van der Waals surface area (Å²) in [5.74, 6) is -0.610. The standard InChI is InChI=1S/C19H29F3N2O4Si/c1-18(2,3)29(4,5)28-16(14(24-17(26)27)10-11-15(23)25)12-6-8-13(9-7-12)19(20,21)22/h6-9,14,16,24H,10-11H2,1-5H3,(H2,23,25)(H,26,27)/t14-,16-/m1/s1. The van der Waals surface area contributed by atoms with Crippen molar-refractivity contribution >= 4 is 20.3 Å². The third-order valence-electron chi connectivity index (χ3n) is 5.17. The molecule has 0 spiro atoms. The average molecular weight is 435 g/mol. The molecule has 0 bridgehead atoms. The number of amides is 2. The SMILES string of the molecule is CC(C)(C)[Si](C)(C)O[C@H](c1ccc(C(F)(F)F)cc1)[C@@H](CCC(N)=O)NC(=O)O. The largest absolute Gasteiger partial charge is 0.465 e. The van der Waals surface area contributed by atoms with Crippen molar-refractivity contribution in [1.82, 2.24) is 5.32 Å². The van der Waals surface area contributed by atoms with Gasteiger partial charge in [-0.3, -0.25) is 4.79 Å². The van der Waals surface area contributed by atoms with E-state index in [2.05, 4.69) is 5.32 Å². The van der Waals surface area contributed by atoms with E-state index in [1.807, 2.05) is 33.9 Å². The van der Waals surface area contributed by atoms with Crippen LogP contribution in [-0.4, -0.2) is 31.5 Å². The lowest BCUT2D eigenvalue weighted by atomic mass is 9.97. The van der Waals surface area contributed by atoms with E-state index >= 15 is 0 Å². The smallest absolute Gasteiger partial charge is 0.416 e. The van der Waals surface area contributed by atoms with Gasteiger partial charge in [-0.15, -0.1) is 0 Å². The Morgan fingerprint density at radius 1 is 1.17 bits per heavy atom. The number of carbonyl (C=O) groups excluding carboxylic acids is 1. The molecule has 6 nitrogen and oxygen atoms in total. The van der Waals surface area contributed by atoms with Gasteiger partial charge in [-0.2, -0.15) is 13.2 Å². The van der Waals surface area contributed by atoms with Crippen LogP contribution in [-0.2, 0) is 15.4 Å². The Morgan fingerprint density at radius 3 is 2.07 bits per heavy atom. The number of carboxylic acid groups (broad SMARTS) is 1. The van der Waals surface area contributed by atoms with Gasteiger partial charge in [0.2, 0.25) is 5.91 Å². The maximum Gasteiger partial charge on any atom is 0.416 e. The van der Waals surface area contributed by atoms with Crippen molar-refractivity contribution in [2.75, 3.05) is 0 Å². The Hall–Kier alpha value is -2.07. The van der Waals surface area contributed by atoms with Crippen molar-refractivity contribution in [3.05, 3.63) is 35.4 Å². The minimum Gasteiger partial charge on any atom is -0.465 e. The Labute approximate surface area is 169 Å². The van der Waals surface area contributed by atoms with Crippen molar-refractivity contribution in [3.63, 3.8) is 0 Å². The summed E-state index contributed by atoms with van der Waals surface area (Å²) in [5.41, 5.74) is 4.79. The number of hydrogen-bond acceptors (Lipinski definition) is 3. The molecule has 29 heavy (non-hydrogen) atoms. The van der Waals surface area contributed by atoms with Gasteiger partial charge in [0.05, 0.1) is 17.7 Å². The number of nitrogens with two attached hydrogens (primary N) is 1. The zero-order valence-corrected chi connectivity index (χ0v) is 18.3. The van der Waals surface area contributed by atoms with Gasteiger partial charge in [-0.1, -0.05) is 32.9 Å². The molecule has 0 aliphatic rings. The van der Waals surface area contributed by atoms with Gasteiger partial charge in [0.15, 0.2) is 8.32 Å². The molecule has 0 aromatic heterocycles. The molecular formula is C19H29F3N2O4Si. The van der Waals surface area contributed by atoms with E-state index in [0.717, 1.165) is 12.1 Å². The molecule has 0 fully saturated rings. The minimum atomic E-state index is -4.49. The van der Waals surface area contributed by atoms with Crippen LogP contribution in [0.25, 0.3) is 0 Å². The Balaban J connectivity index is 3.38. The van der Waals surface area contributed by atoms with Gasteiger partial charge in [0.25, 0.3) is 0 Å². The van der Waals surface area contributed by atoms with Gasteiger partial charge >= 0.3 is 12.3 Å². The third kappa shape index (κ3) is 7.35. The number of hydrogen-bond donors (Lipinski definition) is 3. The molecule has 10 heteroatoms. The van der Waals surface area contributed by atoms with Crippen LogP contribution in [0.15, 0.2) is 24.3 Å². The van der Waals surface area contributed by atoms with Crippen LogP contribution in [0, 0.1) is 0 Å². The summed E-state index contributed by atoms with van der Waals surface area (Å²) in [5, 5.41) is 11.3. The first kappa shape index (κ1) is 25.0. The highest BCUT2D eigenvalue weighted by molar-refractivity contribution is 6.74. The molecule has 0 aliphatic carbocycles. The molecule has 1 rings (SSSR count). The highest BCUT2D eigenvalue weighted by atomic mass is 28.4. The van der Waals surface area contributed by atoms with E-state index in [4.69, 9.17) is 10.2 Å². The average Bonchev–Trinajstić information content (AvgIpc) is 2.54. The lowest BCUT2D eigenvalue weighted by molar-refractivity contribution is -0.137. The van der Waals surface area contributed by atoms with Crippen LogP contribution in [0.1, 0.15) is 50.8 Å². The fourth-order valence-corrected chi connectivity index (χ4v) is 3.78. The monoisotopic (exact) mass is 434 g/mol. The molecule has 0 saturated carbocycles. The van der Waals surface area contributed by atoms with E-state index in [-0.39, 0.29) is 17.9 Å². The van der Waals surface area contributed by atoms with Gasteiger partial charge in [-0.25, -0.2) is 4.79 Å². The van der Waals surface area contributed by atoms with Crippen molar-refractivity contribution < 1.29 is 32.3 Å². The summed E-state index contributed by atoms with van der Waals surface area (Å²) >= 11 is 0. The molecule has 1 aromatic rings. The number of rotatable bonds is 8. The van der Waals surface area contributed by atoms with Gasteiger partial charge < -0.3 is 20.6 Å². The van der Waals surface area contributed by atoms with Crippen molar-refractivity contribution in [1.29, 1.82) is 0 Å². The van der Waals surface area contributed by atoms with Crippen LogP contribution in [0.5, 0.6) is 0 Å². The summed E-state index contributed by atoms with van der Waals surface area (Å²) < 4.78 is 45.2. The fraction of sp³-hybridized carbons (Fsp3) is 0.579. The van der Waals surface area contributed by atoms with Crippen LogP contribution in [0.2, 0.25) is 18.1 Å². The molecule has 164 valence electrons. The van der Waals surface area contributed by atoms with E-state index in [1.165, 1.54) is 12.1 Å². The van der Waals surface area contributed by atoms with E-state index in [0.29, 0.717) is 5.56 Å². The fourth-order valence-electron chi connectivity index (χ4n) is 2.49. The van der Waals surface area contributed by atoms with Crippen LogP contribution >= 0.6 is 0 Å². The van der Waals surface area contributed by atoms with Gasteiger partial charge in [0, 0.05) is 6.42 Å². The topological polar surface area (TPSA) is 102 Å². The molecule has 1 aromatic carbocycles. The predicted molar refractivity (Wildman–Crippen MR) is 106 cm³/mol. The third-order valence-corrected chi connectivity index (χ3v) is 9.63. The first-order valence-electron chi connectivity index (χ1n) is 9.17. The Kier molecular flexibility index (Phi) is 7.89. The minimum absolute atomic E-state index is 0.0575. The molecular weight excluding hydrogens is 405 g/mol. The molecule has 0 aliphatic heterocycles. The highest BCUT2D eigenvalue weighted by Gasteiger charge is 2.42. The second kappa shape index (κ2) is 9.16. The molecule has 0 heterocycles. The maximum absolute atomic E-state index is 12.9. The van der Waals surface area contributed by atoms with Crippen molar-refractivity contribution in [3.8, 4) is 0 Å². The zero-order valence-electron chi connectivity index (χ0n) is 17.3. The van der Waals surface area contributed by atoms with E-state index < -0.39 is 44.2 Å². The number of carbonyl (C=O) groups is 2. The number of primary amides is 1. The number of alkyl halides is 3. The Morgan fingerprint density at radius 2 is 1.69 bits per heavy atom. The summed E-state index contributed by atoms with van der Waals surface area (Å²) in [6, 6.07) is 3.57. The van der Waals surface area contributed by atoms with Crippen LogP contribution in [0.3, 0.4) is 0 Å². The van der Waals surface area contributed by atoms with E-state index in [1.54, 1.807) is 0 Å². The lowest BCUT2D eigenvalue weighted by Gasteiger charge is -2.41. The van der Waals surface area contributed by atoms with Crippen LogP contribution < -0.4 is 11.1 Å². The number of benzene rings is 1. The second-order valence-electron chi connectivity index (χ2n) is 8.48. The first-order valence-corrected chi connectivity index (χ1v) is 12.1. The Bertz CT molecular complexity index is 716. The molecule has 0 unspecified atom stereocenters.